The van der Waals surface area contributed by atoms with Crippen LogP contribution in [0.25, 0.3) is 0 Å². The summed E-state index contributed by atoms with van der Waals surface area (Å²) in [6.07, 6.45) is 3.24. The lowest BCUT2D eigenvalue weighted by atomic mass is 10.3. The molecule has 2 aliphatic rings. The van der Waals surface area contributed by atoms with Gasteiger partial charge in [-0.05, 0) is 18.2 Å². The van der Waals surface area contributed by atoms with E-state index in [2.05, 4.69) is 31.0 Å². The summed E-state index contributed by atoms with van der Waals surface area (Å²) in [5.41, 5.74) is 8.58. The predicted octanol–water partition coefficient (Wildman–Crippen LogP) is 1.25. The van der Waals surface area contributed by atoms with E-state index in [1.54, 1.807) is 12.4 Å². The summed E-state index contributed by atoms with van der Waals surface area (Å²) in [7, 11) is 0. The SMILES string of the molecule is c1ccc([C@@H]2N=N[C@]3(NN2)c2cccnc23)nc1. The first-order valence-electron chi connectivity index (χ1n) is 5.72. The molecule has 0 aromatic carbocycles. The maximum absolute atomic E-state index is 4.35. The molecule has 0 fully saturated rings. The molecule has 6 heteroatoms. The molecule has 1 aliphatic heterocycles. The zero-order valence-electron chi connectivity index (χ0n) is 9.41. The molecule has 0 radical (unpaired) electrons. The normalized spacial score (nSPS) is 28.1. The molecule has 18 heavy (non-hydrogen) atoms. The van der Waals surface area contributed by atoms with Gasteiger partial charge in [-0.25, -0.2) is 10.9 Å². The number of aromatic nitrogens is 2. The molecular formula is C12H10N6. The van der Waals surface area contributed by atoms with E-state index in [9.17, 15) is 0 Å². The fourth-order valence-electron chi connectivity index (χ4n) is 2.17. The fraction of sp³-hybridized carbons (Fsp3) is 0.167. The quantitative estimate of drug-likeness (QED) is 0.784. The summed E-state index contributed by atoms with van der Waals surface area (Å²) < 4.78 is 0. The van der Waals surface area contributed by atoms with E-state index in [0.29, 0.717) is 0 Å². The van der Waals surface area contributed by atoms with Crippen LogP contribution in [0.4, 0.5) is 0 Å². The molecular weight excluding hydrogens is 228 g/mol. The highest BCUT2D eigenvalue weighted by Gasteiger charge is 2.55. The maximum Gasteiger partial charge on any atom is 0.214 e. The number of hydrogen-bond acceptors (Lipinski definition) is 6. The Morgan fingerprint density at radius 3 is 2.67 bits per heavy atom. The van der Waals surface area contributed by atoms with E-state index in [0.717, 1.165) is 17.0 Å². The van der Waals surface area contributed by atoms with Crippen molar-refractivity contribution in [3.05, 3.63) is 59.7 Å². The van der Waals surface area contributed by atoms with E-state index in [1.807, 2.05) is 30.3 Å². The van der Waals surface area contributed by atoms with Crippen LogP contribution < -0.4 is 10.9 Å². The van der Waals surface area contributed by atoms with Crippen molar-refractivity contribution in [1.82, 2.24) is 20.8 Å². The van der Waals surface area contributed by atoms with Crippen LogP contribution in [0.2, 0.25) is 0 Å². The highest BCUT2D eigenvalue weighted by atomic mass is 15.6. The van der Waals surface area contributed by atoms with Gasteiger partial charge >= 0.3 is 0 Å². The van der Waals surface area contributed by atoms with Crippen LogP contribution in [0, 0.1) is 0 Å². The minimum Gasteiger partial charge on any atom is -0.257 e. The van der Waals surface area contributed by atoms with Crippen molar-refractivity contribution in [3.63, 3.8) is 0 Å². The van der Waals surface area contributed by atoms with Gasteiger partial charge in [0.05, 0.1) is 11.4 Å². The standard InChI is InChI=1S/C12H10N6/c1-2-6-13-9(5-1)11-15-17-12(18-16-11)8-4-3-7-14-10(8)12/h1-7,11,15,17H/t11-,12+/m0/s1. The number of hydrogen-bond donors (Lipinski definition) is 2. The van der Waals surface area contributed by atoms with Crippen LogP contribution in [0.15, 0.2) is 53.0 Å². The van der Waals surface area contributed by atoms with Crippen molar-refractivity contribution in [2.45, 2.75) is 11.8 Å². The van der Waals surface area contributed by atoms with Gasteiger partial charge in [0.25, 0.3) is 0 Å². The van der Waals surface area contributed by atoms with Crippen molar-refractivity contribution in [2.24, 2.45) is 10.2 Å². The topological polar surface area (TPSA) is 74.6 Å². The molecule has 0 unspecified atom stereocenters. The van der Waals surface area contributed by atoms with E-state index in [4.69, 9.17) is 0 Å². The number of fused-ring (bicyclic) bond motifs is 3. The average molecular weight is 238 g/mol. The van der Waals surface area contributed by atoms with Gasteiger partial charge in [0.1, 0.15) is 0 Å². The van der Waals surface area contributed by atoms with Gasteiger partial charge in [0, 0.05) is 18.0 Å². The Kier molecular flexibility index (Phi) is 1.86. The monoisotopic (exact) mass is 238 g/mol. The minimum atomic E-state index is -0.547. The van der Waals surface area contributed by atoms with Gasteiger partial charge in [-0.15, -0.1) is 0 Å². The highest BCUT2D eigenvalue weighted by Crippen LogP contribution is 2.48. The molecule has 0 saturated heterocycles. The van der Waals surface area contributed by atoms with Crippen molar-refractivity contribution >= 4 is 0 Å². The van der Waals surface area contributed by atoms with Crippen LogP contribution in [0.5, 0.6) is 0 Å². The van der Waals surface area contributed by atoms with Crippen LogP contribution >= 0.6 is 0 Å². The van der Waals surface area contributed by atoms with Crippen molar-refractivity contribution in [1.29, 1.82) is 0 Å². The molecule has 3 heterocycles. The van der Waals surface area contributed by atoms with Gasteiger partial charge in [0.2, 0.25) is 5.66 Å². The maximum atomic E-state index is 4.35. The molecule has 6 nitrogen and oxygen atoms in total. The van der Waals surface area contributed by atoms with E-state index >= 15 is 0 Å². The lowest BCUT2D eigenvalue weighted by Gasteiger charge is -2.23. The largest absolute Gasteiger partial charge is 0.257 e. The smallest absolute Gasteiger partial charge is 0.214 e. The summed E-state index contributed by atoms with van der Waals surface area (Å²) in [4.78, 5) is 8.52. The van der Waals surface area contributed by atoms with E-state index < -0.39 is 5.66 Å². The van der Waals surface area contributed by atoms with Crippen LogP contribution in [-0.4, -0.2) is 9.97 Å². The number of nitrogens with zero attached hydrogens (tertiary/aromatic N) is 4. The van der Waals surface area contributed by atoms with Gasteiger partial charge in [-0.1, -0.05) is 12.1 Å². The predicted molar refractivity (Wildman–Crippen MR) is 63.1 cm³/mol. The number of nitrogens with one attached hydrogen (secondary N) is 2. The lowest BCUT2D eigenvalue weighted by Crippen LogP contribution is -2.45. The number of hydrazine groups is 1. The lowest BCUT2D eigenvalue weighted by molar-refractivity contribution is 0.288. The summed E-state index contributed by atoms with van der Waals surface area (Å²) in [5, 5.41) is 8.63. The first kappa shape index (κ1) is 9.81. The highest BCUT2D eigenvalue weighted by molar-refractivity contribution is 5.53. The van der Waals surface area contributed by atoms with Gasteiger partial charge < -0.3 is 0 Å². The van der Waals surface area contributed by atoms with Gasteiger partial charge in [-0.2, -0.15) is 10.2 Å². The molecule has 0 amide bonds. The van der Waals surface area contributed by atoms with Crippen molar-refractivity contribution in [2.75, 3.05) is 0 Å². The Morgan fingerprint density at radius 1 is 1.06 bits per heavy atom. The molecule has 1 spiro atoms. The van der Waals surface area contributed by atoms with Crippen molar-refractivity contribution in [3.8, 4) is 0 Å². The number of rotatable bonds is 1. The van der Waals surface area contributed by atoms with Crippen LogP contribution in [-0.2, 0) is 5.66 Å². The third-order valence-corrected chi connectivity index (χ3v) is 3.16. The summed E-state index contributed by atoms with van der Waals surface area (Å²) in [6.45, 7) is 0. The third-order valence-electron chi connectivity index (χ3n) is 3.16. The second kappa shape index (κ2) is 3.41. The average Bonchev–Trinajstić information content (AvgIpc) is 3.08. The molecule has 1 aliphatic carbocycles. The third kappa shape index (κ3) is 1.24. The molecule has 2 aromatic rings. The first-order chi connectivity index (χ1) is 8.90. The zero-order chi connectivity index (χ0) is 12.0. The zero-order valence-corrected chi connectivity index (χ0v) is 9.41. The van der Waals surface area contributed by atoms with Crippen molar-refractivity contribution < 1.29 is 0 Å². The second-order valence-electron chi connectivity index (χ2n) is 4.25. The molecule has 0 bridgehead atoms. The molecule has 2 atom stereocenters. The Hall–Kier alpha value is -2.18. The Morgan fingerprint density at radius 2 is 2.00 bits per heavy atom. The molecule has 88 valence electrons. The number of azo groups is 1. The Bertz CT molecular complexity index is 600. The molecule has 0 saturated carbocycles. The molecule has 4 rings (SSSR count). The van der Waals surface area contributed by atoms with Crippen LogP contribution in [0.3, 0.4) is 0 Å². The number of pyridine rings is 2. The van der Waals surface area contributed by atoms with Crippen LogP contribution in [0.1, 0.15) is 23.1 Å². The second-order valence-corrected chi connectivity index (χ2v) is 4.25. The van der Waals surface area contributed by atoms with E-state index in [1.165, 1.54) is 0 Å². The first-order valence-corrected chi connectivity index (χ1v) is 5.72. The minimum absolute atomic E-state index is 0.256. The fourth-order valence-corrected chi connectivity index (χ4v) is 2.17. The van der Waals surface area contributed by atoms with Gasteiger partial charge in [0.15, 0.2) is 6.17 Å². The Labute approximate surface area is 103 Å². The van der Waals surface area contributed by atoms with E-state index in [-0.39, 0.29) is 6.17 Å². The summed E-state index contributed by atoms with van der Waals surface area (Å²) in [6, 6.07) is 9.61. The molecule has 2 aromatic heterocycles. The Balaban J connectivity index is 1.63. The summed E-state index contributed by atoms with van der Waals surface area (Å²) in [5.74, 6) is 0. The summed E-state index contributed by atoms with van der Waals surface area (Å²) >= 11 is 0. The van der Waals surface area contributed by atoms with Gasteiger partial charge in [-0.3, -0.25) is 9.97 Å². The molecule has 2 N–H and O–H groups in total.